The topological polar surface area (TPSA) is 28.2 Å². The van der Waals surface area contributed by atoms with Gasteiger partial charge in [-0.2, -0.15) is 0 Å². The highest BCUT2D eigenvalue weighted by molar-refractivity contribution is 5.43. The molecule has 3 nitrogen and oxygen atoms in total. The second-order valence-electron chi connectivity index (χ2n) is 4.02. The molecule has 0 amide bonds. The van der Waals surface area contributed by atoms with Crippen molar-refractivity contribution in [3.8, 4) is 0 Å². The summed E-state index contributed by atoms with van der Waals surface area (Å²) in [4.78, 5) is 6.87. The number of nitrogens with zero attached hydrogens (tertiary/aromatic N) is 2. The third-order valence-electron chi connectivity index (χ3n) is 2.83. The first-order valence-electron chi connectivity index (χ1n) is 5.80. The zero-order valence-electron chi connectivity index (χ0n) is 9.37. The fourth-order valence-electron chi connectivity index (χ4n) is 2.07. The maximum atomic E-state index is 4.37. The molecule has 2 rings (SSSR count). The minimum atomic E-state index is 0.935. The average Bonchev–Trinajstić information content (AvgIpc) is 2.74. The lowest BCUT2D eigenvalue weighted by atomic mass is 10.2. The van der Waals surface area contributed by atoms with E-state index in [-0.39, 0.29) is 0 Å². The largest absolute Gasteiger partial charge is 0.370 e. The molecular formula is C12H19N3. The Kier molecular flexibility index (Phi) is 3.56. The van der Waals surface area contributed by atoms with Crippen LogP contribution in [0, 0.1) is 0 Å². The van der Waals surface area contributed by atoms with Crippen LogP contribution in [0.25, 0.3) is 0 Å². The van der Waals surface area contributed by atoms with Crippen LogP contribution in [0.4, 0.5) is 5.82 Å². The second-order valence-corrected chi connectivity index (χ2v) is 4.02. The zero-order chi connectivity index (χ0) is 10.5. The Hall–Kier alpha value is -1.09. The van der Waals surface area contributed by atoms with E-state index in [4.69, 9.17) is 0 Å². The highest BCUT2D eigenvalue weighted by Crippen LogP contribution is 2.17. The third kappa shape index (κ3) is 2.69. The summed E-state index contributed by atoms with van der Waals surface area (Å²) in [6.07, 6.45) is 4.54. The van der Waals surface area contributed by atoms with Gasteiger partial charge in [0.2, 0.25) is 0 Å². The van der Waals surface area contributed by atoms with Crippen molar-refractivity contribution in [3.05, 3.63) is 23.9 Å². The highest BCUT2D eigenvalue weighted by Gasteiger charge is 2.13. The van der Waals surface area contributed by atoms with Gasteiger partial charge in [0, 0.05) is 24.8 Å². The second kappa shape index (κ2) is 5.12. The Balaban J connectivity index is 2.05. The molecule has 1 saturated heterocycles. The first kappa shape index (κ1) is 10.4. The van der Waals surface area contributed by atoms with Gasteiger partial charge in [-0.05, 0) is 38.9 Å². The first-order chi connectivity index (χ1) is 7.40. The minimum Gasteiger partial charge on any atom is -0.370 e. The lowest BCUT2D eigenvalue weighted by molar-refractivity contribution is 0.331. The number of pyridine rings is 1. The van der Waals surface area contributed by atoms with Crippen molar-refractivity contribution in [2.45, 2.75) is 26.3 Å². The number of hydrogen-bond donors (Lipinski definition) is 1. The van der Waals surface area contributed by atoms with Crippen molar-refractivity contribution in [2.75, 3.05) is 25.0 Å². The molecular weight excluding hydrogens is 186 g/mol. The van der Waals surface area contributed by atoms with Crippen molar-refractivity contribution >= 4 is 5.82 Å². The average molecular weight is 205 g/mol. The fourth-order valence-corrected chi connectivity index (χ4v) is 2.07. The van der Waals surface area contributed by atoms with Crippen LogP contribution in [0.1, 0.15) is 25.3 Å². The van der Waals surface area contributed by atoms with Gasteiger partial charge in [0.05, 0.1) is 0 Å². The number of rotatable bonds is 4. The molecule has 0 unspecified atom stereocenters. The van der Waals surface area contributed by atoms with Crippen molar-refractivity contribution in [2.24, 2.45) is 0 Å². The number of anilines is 1. The molecule has 0 spiro atoms. The van der Waals surface area contributed by atoms with Crippen LogP contribution in [0.2, 0.25) is 0 Å². The SMILES string of the molecule is CCNc1ncccc1CN1CCCC1. The van der Waals surface area contributed by atoms with Crippen LogP contribution in [0.5, 0.6) is 0 Å². The molecule has 1 aromatic heterocycles. The smallest absolute Gasteiger partial charge is 0.130 e. The van der Waals surface area contributed by atoms with Crippen LogP contribution in [-0.2, 0) is 6.54 Å². The van der Waals surface area contributed by atoms with Crippen molar-refractivity contribution in [3.63, 3.8) is 0 Å². The maximum Gasteiger partial charge on any atom is 0.130 e. The fraction of sp³-hybridized carbons (Fsp3) is 0.583. The summed E-state index contributed by atoms with van der Waals surface area (Å²) in [6, 6.07) is 4.19. The van der Waals surface area contributed by atoms with Gasteiger partial charge < -0.3 is 5.32 Å². The summed E-state index contributed by atoms with van der Waals surface area (Å²) < 4.78 is 0. The molecule has 1 aliphatic heterocycles. The molecule has 3 heteroatoms. The van der Waals surface area contributed by atoms with E-state index in [2.05, 4.69) is 28.2 Å². The van der Waals surface area contributed by atoms with Crippen molar-refractivity contribution in [1.29, 1.82) is 0 Å². The summed E-state index contributed by atoms with van der Waals surface area (Å²) in [5.41, 5.74) is 1.32. The van der Waals surface area contributed by atoms with E-state index in [1.54, 1.807) is 0 Å². The molecule has 1 aliphatic rings. The highest BCUT2D eigenvalue weighted by atomic mass is 15.1. The standard InChI is InChI=1S/C12H19N3/c1-2-13-12-11(6-5-7-14-12)10-15-8-3-4-9-15/h5-7H,2-4,8-10H2,1H3,(H,13,14). The van der Waals surface area contributed by atoms with E-state index in [0.717, 1.165) is 18.9 Å². The van der Waals surface area contributed by atoms with E-state index in [1.807, 2.05) is 12.3 Å². The summed E-state index contributed by atoms with van der Waals surface area (Å²) in [6.45, 7) is 6.55. The van der Waals surface area contributed by atoms with Crippen LogP contribution < -0.4 is 5.32 Å². The maximum absolute atomic E-state index is 4.37. The van der Waals surface area contributed by atoms with Gasteiger partial charge in [-0.25, -0.2) is 4.98 Å². The van der Waals surface area contributed by atoms with E-state index < -0.39 is 0 Å². The van der Waals surface area contributed by atoms with E-state index >= 15 is 0 Å². The van der Waals surface area contributed by atoms with Gasteiger partial charge in [-0.15, -0.1) is 0 Å². The lowest BCUT2D eigenvalue weighted by Crippen LogP contribution is -2.19. The van der Waals surface area contributed by atoms with E-state index in [9.17, 15) is 0 Å². The van der Waals surface area contributed by atoms with Crippen molar-refractivity contribution < 1.29 is 0 Å². The molecule has 0 aromatic carbocycles. The summed E-state index contributed by atoms with van der Waals surface area (Å²) in [5, 5.41) is 3.31. The van der Waals surface area contributed by atoms with Gasteiger partial charge in [-0.3, -0.25) is 4.90 Å². The van der Waals surface area contributed by atoms with Gasteiger partial charge in [0.1, 0.15) is 5.82 Å². The normalized spacial score (nSPS) is 16.9. The van der Waals surface area contributed by atoms with Crippen molar-refractivity contribution in [1.82, 2.24) is 9.88 Å². The molecule has 0 atom stereocenters. The number of likely N-dealkylation sites (tertiary alicyclic amines) is 1. The first-order valence-corrected chi connectivity index (χ1v) is 5.80. The molecule has 0 aliphatic carbocycles. The zero-order valence-corrected chi connectivity index (χ0v) is 9.37. The molecule has 2 heterocycles. The lowest BCUT2D eigenvalue weighted by Gasteiger charge is -2.16. The number of aromatic nitrogens is 1. The number of nitrogens with one attached hydrogen (secondary N) is 1. The third-order valence-corrected chi connectivity index (χ3v) is 2.83. The summed E-state index contributed by atoms with van der Waals surface area (Å²) >= 11 is 0. The Bertz CT molecular complexity index is 305. The molecule has 1 N–H and O–H groups in total. The molecule has 0 saturated carbocycles. The van der Waals surface area contributed by atoms with E-state index in [0.29, 0.717) is 0 Å². The molecule has 0 bridgehead atoms. The number of hydrogen-bond acceptors (Lipinski definition) is 3. The predicted molar refractivity (Wildman–Crippen MR) is 62.9 cm³/mol. The Morgan fingerprint density at radius 3 is 2.93 bits per heavy atom. The summed E-state index contributed by atoms with van der Waals surface area (Å²) in [7, 11) is 0. The minimum absolute atomic E-state index is 0.935. The van der Waals surface area contributed by atoms with Gasteiger partial charge in [0.15, 0.2) is 0 Å². The quantitative estimate of drug-likeness (QED) is 0.816. The van der Waals surface area contributed by atoms with Gasteiger partial charge >= 0.3 is 0 Å². The molecule has 82 valence electrons. The Labute approximate surface area is 91.5 Å². The Morgan fingerprint density at radius 1 is 1.40 bits per heavy atom. The molecule has 0 radical (unpaired) electrons. The van der Waals surface area contributed by atoms with Gasteiger partial charge in [-0.1, -0.05) is 6.07 Å². The molecule has 1 fully saturated rings. The van der Waals surface area contributed by atoms with Gasteiger partial charge in [0.25, 0.3) is 0 Å². The monoisotopic (exact) mass is 205 g/mol. The van der Waals surface area contributed by atoms with Crippen LogP contribution >= 0.6 is 0 Å². The predicted octanol–water partition coefficient (Wildman–Crippen LogP) is 2.11. The Morgan fingerprint density at radius 2 is 2.20 bits per heavy atom. The molecule has 15 heavy (non-hydrogen) atoms. The van der Waals surface area contributed by atoms with Crippen LogP contribution in [-0.4, -0.2) is 29.5 Å². The van der Waals surface area contributed by atoms with Crippen LogP contribution in [0.3, 0.4) is 0 Å². The summed E-state index contributed by atoms with van der Waals surface area (Å²) in [5.74, 6) is 1.05. The van der Waals surface area contributed by atoms with Crippen LogP contribution in [0.15, 0.2) is 18.3 Å². The van der Waals surface area contributed by atoms with E-state index in [1.165, 1.54) is 31.5 Å². The molecule has 1 aromatic rings.